The number of hydrogen-bond donors (Lipinski definition) is 2. The zero-order chi connectivity index (χ0) is 20.5. The van der Waals surface area contributed by atoms with Gasteiger partial charge in [-0.2, -0.15) is 0 Å². The van der Waals surface area contributed by atoms with Crippen LogP contribution in [0.5, 0.6) is 5.75 Å². The van der Waals surface area contributed by atoms with Crippen molar-refractivity contribution in [1.29, 1.82) is 0 Å². The summed E-state index contributed by atoms with van der Waals surface area (Å²) in [6.45, 7) is 7.04. The van der Waals surface area contributed by atoms with Crippen molar-refractivity contribution in [1.82, 2.24) is 0 Å². The highest BCUT2D eigenvalue weighted by molar-refractivity contribution is 6.31. The monoisotopic (exact) mass is 405 g/mol. The summed E-state index contributed by atoms with van der Waals surface area (Å²) in [6.07, 6.45) is 1.28. The molecule has 1 heterocycles. The summed E-state index contributed by atoms with van der Waals surface area (Å²) in [4.78, 5) is 0. The number of benzene rings is 2. The predicted molar refractivity (Wildman–Crippen MR) is 115 cm³/mol. The molecular weight excluding hydrogens is 374 g/mol. The smallest absolute Gasteiger partial charge is 0.119 e. The first-order valence-electron chi connectivity index (χ1n) is 10.1. The van der Waals surface area contributed by atoms with Crippen molar-refractivity contribution in [3.63, 3.8) is 0 Å². The molecule has 0 bridgehead atoms. The molecule has 2 aromatic rings. The van der Waals surface area contributed by atoms with Crippen LogP contribution in [0.3, 0.4) is 0 Å². The molecule has 1 aliphatic rings. The summed E-state index contributed by atoms with van der Waals surface area (Å²) in [7, 11) is 0. The molecule has 3 atom stereocenters. The lowest BCUT2D eigenvalue weighted by Crippen LogP contribution is -2.36. The highest BCUT2D eigenvalue weighted by Crippen LogP contribution is 2.33. The third-order valence-corrected chi connectivity index (χ3v) is 5.08. The van der Waals surface area contributed by atoms with Crippen LogP contribution in [0.2, 0.25) is 5.02 Å². The average molecular weight is 406 g/mol. The highest BCUT2D eigenvalue weighted by Gasteiger charge is 2.28. The van der Waals surface area contributed by atoms with Gasteiger partial charge >= 0.3 is 0 Å². The van der Waals surface area contributed by atoms with E-state index >= 15 is 0 Å². The zero-order valence-electron chi connectivity index (χ0n) is 17.0. The Labute approximate surface area is 173 Å². The molecule has 0 radical (unpaired) electrons. The predicted octanol–water partition coefficient (Wildman–Crippen LogP) is 4.90. The largest absolute Gasteiger partial charge is 0.494 e. The van der Waals surface area contributed by atoms with Gasteiger partial charge in [0.15, 0.2) is 0 Å². The highest BCUT2D eigenvalue weighted by atomic mass is 35.5. The molecule has 1 saturated heterocycles. The van der Waals surface area contributed by atoms with Crippen molar-refractivity contribution in [3.05, 3.63) is 64.2 Å². The summed E-state index contributed by atoms with van der Waals surface area (Å²) >= 11 is 6.42. The van der Waals surface area contributed by atoms with Crippen LogP contribution in [-0.4, -0.2) is 30.5 Å². The Kier molecular flexibility index (Phi) is 9.26. The molecule has 0 aliphatic carbocycles. The van der Waals surface area contributed by atoms with Crippen LogP contribution in [0.1, 0.15) is 56.4 Å². The number of nitrogens with two attached hydrogens (primary N) is 1. The molecule has 5 heteroatoms. The van der Waals surface area contributed by atoms with Gasteiger partial charge in [0.25, 0.3) is 0 Å². The molecule has 3 rings (SSSR count). The maximum absolute atomic E-state index is 10.1. The minimum absolute atomic E-state index is 0.103. The lowest BCUT2D eigenvalue weighted by molar-refractivity contribution is -0.0931. The second-order valence-corrected chi connectivity index (χ2v) is 7.12. The number of aliphatic hydroxyl groups is 1. The standard InChI is InChI=1S/C21H26ClNO3.C2H6/c1-2-25-18-6-3-14(4-7-18)9-16-10-15(5-8-20(16)22)21-12-17(24)11-19(13-23)26-21;1-2/h3-8,10,17,19,21,24H,2,9,11-13,23H2,1H3;1-2H3. The Morgan fingerprint density at radius 3 is 2.50 bits per heavy atom. The molecule has 0 amide bonds. The van der Waals surface area contributed by atoms with Crippen molar-refractivity contribution in [2.45, 2.75) is 58.3 Å². The Balaban J connectivity index is 0.00000136. The topological polar surface area (TPSA) is 64.7 Å². The Morgan fingerprint density at radius 2 is 1.86 bits per heavy atom. The molecule has 2 aromatic carbocycles. The van der Waals surface area contributed by atoms with Crippen LogP contribution in [0.4, 0.5) is 0 Å². The van der Waals surface area contributed by atoms with Crippen molar-refractivity contribution < 1.29 is 14.6 Å². The number of hydrogen-bond acceptors (Lipinski definition) is 4. The van der Waals surface area contributed by atoms with Crippen LogP contribution >= 0.6 is 11.6 Å². The number of aliphatic hydroxyl groups excluding tert-OH is 1. The van der Waals surface area contributed by atoms with E-state index in [0.29, 0.717) is 26.0 Å². The van der Waals surface area contributed by atoms with Crippen LogP contribution in [0.25, 0.3) is 0 Å². The van der Waals surface area contributed by atoms with E-state index in [9.17, 15) is 5.11 Å². The van der Waals surface area contributed by atoms with Gasteiger partial charge in [-0.1, -0.05) is 49.7 Å². The first-order valence-corrected chi connectivity index (χ1v) is 10.5. The van der Waals surface area contributed by atoms with Gasteiger partial charge < -0.3 is 20.3 Å². The van der Waals surface area contributed by atoms with Crippen molar-refractivity contribution in [2.75, 3.05) is 13.2 Å². The molecule has 0 aromatic heterocycles. The van der Waals surface area contributed by atoms with Gasteiger partial charge in [0.1, 0.15) is 5.75 Å². The quantitative estimate of drug-likeness (QED) is 0.717. The van der Waals surface area contributed by atoms with Gasteiger partial charge in [-0.05, 0) is 48.2 Å². The molecule has 4 nitrogen and oxygen atoms in total. The van der Waals surface area contributed by atoms with E-state index in [-0.39, 0.29) is 18.3 Å². The first-order chi connectivity index (χ1) is 13.6. The molecule has 0 saturated carbocycles. The molecule has 3 N–H and O–H groups in total. The maximum atomic E-state index is 10.1. The van der Waals surface area contributed by atoms with Gasteiger partial charge in [0.05, 0.1) is 24.9 Å². The molecule has 0 spiro atoms. The van der Waals surface area contributed by atoms with E-state index < -0.39 is 0 Å². The van der Waals surface area contributed by atoms with E-state index in [2.05, 4.69) is 18.2 Å². The number of ether oxygens (including phenoxy) is 2. The second-order valence-electron chi connectivity index (χ2n) is 6.71. The normalized spacial score (nSPS) is 21.6. The Hall–Kier alpha value is -1.59. The Morgan fingerprint density at radius 1 is 1.14 bits per heavy atom. The van der Waals surface area contributed by atoms with Crippen LogP contribution in [-0.2, 0) is 11.2 Å². The van der Waals surface area contributed by atoms with E-state index in [1.165, 1.54) is 0 Å². The maximum Gasteiger partial charge on any atom is 0.119 e. The average Bonchev–Trinajstić information content (AvgIpc) is 2.72. The van der Waals surface area contributed by atoms with E-state index in [0.717, 1.165) is 33.9 Å². The van der Waals surface area contributed by atoms with Gasteiger partial charge in [-0.25, -0.2) is 0 Å². The van der Waals surface area contributed by atoms with Crippen LogP contribution < -0.4 is 10.5 Å². The van der Waals surface area contributed by atoms with Gasteiger partial charge in [-0.3, -0.25) is 0 Å². The van der Waals surface area contributed by atoms with Crippen molar-refractivity contribution in [2.24, 2.45) is 5.73 Å². The molecule has 1 fully saturated rings. The molecule has 154 valence electrons. The lowest BCUT2D eigenvalue weighted by Gasteiger charge is -2.33. The lowest BCUT2D eigenvalue weighted by atomic mass is 9.94. The van der Waals surface area contributed by atoms with Crippen molar-refractivity contribution in [3.8, 4) is 5.75 Å². The van der Waals surface area contributed by atoms with Crippen LogP contribution in [0, 0.1) is 0 Å². The molecule has 28 heavy (non-hydrogen) atoms. The summed E-state index contributed by atoms with van der Waals surface area (Å²) in [5.74, 6) is 0.869. The van der Waals surface area contributed by atoms with E-state index in [1.807, 2.05) is 45.0 Å². The fourth-order valence-electron chi connectivity index (χ4n) is 3.38. The summed E-state index contributed by atoms with van der Waals surface area (Å²) in [5.41, 5.74) is 8.97. The number of halogens is 1. The van der Waals surface area contributed by atoms with Gasteiger partial charge in [-0.15, -0.1) is 0 Å². The number of rotatable bonds is 6. The zero-order valence-corrected chi connectivity index (χ0v) is 17.8. The van der Waals surface area contributed by atoms with E-state index in [1.54, 1.807) is 0 Å². The van der Waals surface area contributed by atoms with Gasteiger partial charge in [0, 0.05) is 24.4 Å². The molecule has 3 unspecified atom stereocenters. The summed E-state index contributed by atoms with van der Waals surface area (Å²) in [6, 6.07) is 14.0. The third-order valence-electron chi connectivity index (χ3n) is 4.71. The summed E-state index contributed by atoms with van der Waals surface area (Å²) in [5, 5.41) is 10.8. The first kappa shape index (κ1) is 22.7. The van der Waals surface area contributed by atoms with E-state index in [4.69, 9.17) is 26.8 Å². The fourth-order valence-corrected chi connectivity index (χ4v) is 3.56. The minimum Gasteiger partial charge on any atom is -0.494 e. The third kappa shape index (κ3) is 6.21. The second kappa shape index (κ2) is 11.4. The molecule has 1 aliphatic heterocycles. The minimum atomic E-state index is -0.382. The van der Waals surface area contributed by atoms with Crippen LogP contribution in [0.15, 0.2) is 42.5 Å². The SMILES string of the molecule is CC.CCOc1ccc(Cc2cc(C3CC(O)CC(CN)O3)ccc2Cl)cc1. The fraction of sp³-hybridized carbons (Fsp3) is 0.478. The van der Waals surface area contributed by atoms with Crippen molar-refractivity contribution >= 4 is 11.6 Å². The molecular formula is C23H32ClNO3. The Bertz CT molecular complexity index is 720. The summed E-state index contributed by atoms with van der Waals surface area (Å²) < 4.78 is 11.5. The van der Waals surface area contributed by atoms with Gasteiger partial charge in [0.2, 0.25) is 0 Å².